The van der Waals surface area contributed by atoms with Gasteiger partial charge in [-0.2, -0.15) is 0 Å². The number of aldehydes is 1. The first kappa shape index (κ1) is 9.15. The Balaban J connectivity index is 3.69. The molecule has 1 heteroatoms. The van der Waals surface area contributed by atoms with E-state index in [-0.39, 0.29) is 5.92 Å². The minimum Gasteiger partial charge on any atom is -0.303 e. The molecule has 0 aliphatic heterocycles. The van der Waals surface area contributed by atoms with E-state index in [1.54, 1.807) is 6.08 Å². The molecule has 0 aromatic rings. The van der Waals surface area contributed by atoms with Crippen LogP contribution in [0.1, 0.15) is 19.8 Å². The summed E-state index contributed by atoms with van der Waals surface area (Å²) < 4.78 is 0. The van der Waals surface area contributed by atoms with Gasteiger partial charge in [-0.1, -0.05) is 38.2 Å². The fraction of sp³-hybridized carbons (Fsp3) is 0.444. The van der Waals surface area contributed by atoms with Gasteiger partial charge >= 0.3 is 0 Å². The third-order valence-corrected chi connectivity index (χ3v) is 1.29. The number of hydrogen-bond donors (Lipinski definition) is 0. The molecule has 0 heterocycles. The summed E-state index contributed by atoms with van der Waals surface area (Å²) in [4.78, 5) is 10.3. The fourth-order valence-corrected chi connectivity index (χ4v) is 0.764. The molecule has 0 aliphatic carbocycles. The molecule has 0 fully saturated rings. The molecule has 0 saturated carbocycles. The van der Waals surface area contributed by atoms with Gasteiger partial charge in [-0.05, 0) is 6.42 Å². The van der Waals surface area contributed by atoms with Crippen LogP contribution in [0.2, 0.25) is 0 Å². The highest BCUT2D eigenvalue weighted by molar-refractivity contribution is 5.56. The summed E-state index contributed by atoms with van der Waals surface area (Å²) in [5, 5.41) is 0. The summed E-state index contributed by atoms with van der Waals surface area (Å²) in [6.07, 6.45) is 8.34. The maximum atomic E-state index is 10.3. The predicted octanol–water partition coefficient (Wildman–Crippen LogP) is 2.34. The van der Waals surface area contributed by atoms with E-state index in [2.05, 4.69) is 13.5 Å². The minimum atomic E-state index is 0.0861. The number of carbonyl (C=O) groups is 1. The summed E-state index contributed by atoms with van der Waals surface area (Å²) in [6, 6.07) is 0. The summed E-state index contributed by atoms with van der Waals surface area (Å²) in [6.45, 7) is 5.59. The van der Waals surface area contributed by atoms with Crippen LogP contribution in [0.5, 0.6) is 0 Å². The van der Waals surface area contributed by atoms with Gasteiger partial charge in [0.1, 0.15) is 6.29 Å². The minimum absolute atomic E-state index is 0.0861. The zero-order chi connectivity index (χ0) is 7.82. The van der Waals surface area contributed by atoms with E-state index in [1.165, 1.54) is 0 Å². The molecule has 0 N–H and O–H groups in total. The molecule has 0 aromatic carbocycles. The van der Waals surface area contributed by atoms with Crippen molar-refractivity contribution < 1.29 is 4.79 Å². The Morgan fingerprint density at radius 1 is 1.60 bits per heavy atom. The number of rotatable bonds is 5. The van der Waals surface area contributed by atoms with Crippen molar-refractivity contribution in [3.63, 3.8) is 0 Å². The van der Waals surface area contributed by atoms with Crippen molar-refractivity contribution >= 4 is 6.29 Å². The van der Waals surface area contributed by atoms with Crippen LogP contribution in [0.25, 0.3) is 0 Å². The van der Waals surface area contributed by atoms with Crippen LogP contribution in [0.4, 0.5) is 0 Å². The lowest BCUT2D eigenvalue weighted by molar-refractivity contribution is -0.110. The molecular formula is C9H14O. The second kappa shape index (κ2) is 6.27. The van der Waals surface area contributed by atoms with E-state index in [0.29, 0.717) is 0 Å². The van der Waals surface area contributed by atoms with E-state index in [1.807, 2.05) is 12.2 Å². The standard InChI is InChI=1S/C9H14O/c1-3-5-7-9(8-10)6-4-2/h3,5,7-9H,1,4,6H2,2H3. The highest BCUT2D eigenvalue weighted by Gasteiger charge is 1.97. The Kier molecular flexibility index (Phi) is 5.74. The van der Waals surface area contributed by atoms with Crippen molar-refractivity contribution in [2.24, 2.45) is 5.92 Å². The zero-order valence-corrected chi connectivity index (χ0v) is 6.42. The topological polar surface area (TPSA) is 17.1 Å². The van der Waals surface area contributed by atoms with Crippen LogP contribution in [-0.4, -0.2) is 6.29 Å². The Labute approximate surface area is 62.4 Å². The smallest absolute Gasteiger partial charge is 0.126 e. The Morgan fingerprint density at radius 3 is 2.70 bits per heavy atom. The first-order valence-corrected chi connectivity index (χ1v) is 3.59. The monoisotopic (exact) mass is 138 g/mol. The number of hydrogen-bond acceptors (Lipinski definition) is 1. The lowest BCUT2D eigenvalue weighted by atomic mass is 10.1. The molecule has 0 rings (SSSR count). The molecular weight excluding hydrogens is 124 g/mol. The van der Waals surface area contributed by atoms with Gasteiger partial charge in [0.05, 0.1) is 0 Å². The van der Waals surface area contributed by atoms with Gasteiger partial charge in [0.15, 0.2) is 0 Å². The van der Waals surface area contributed by atoms with E-state index in [4.69, 9.17) is 0 Å². The van der Waals surface area contributed by atoms with Crippen LogP contribution < -0.4 is 0 Å². The lowest BCUT2D eigenvalue weighted by Crippen LogP contribution is -1.95. The molecule has 0 aromatic heterocycles. The van der Waals surface area contributed by atoms with Crippen LogP contribution in [0.15, 0.2) is 24.8 Å². The number of carbonyl (C=O) groups excluding carboxylic acids is 1. The quantitative estimate of drug-likeness (QED) is 0.421. The van der Waals surface area contributed by atoms with Crippen molar-refractivity contribution in [3.05, 3.63) is 24.8 Å². The Bertz CT molecular complexity index is 125. The van der Waals surface area contributed by atoms with E-state index < -0.39 is 0 Å². The van der Waals surface area contributed by atoms with Gasteiger partial charge in [-0.25, -0.2) is 0 Å². The SMILES string of the molecule is C=CC=CC(C=O)CCC. The summed E-state index contributed by atoms with van der Waals surface area (Å²) in [7, 11) is 0. The zero-order valence-electron chi connectivity index (χ0n) is 6.42. The second-order valence-corrected chi connectivity index (χ2v) is 2.21. The van der Waals surface area contributed by atoms with E-state index in [0.717, 1.165) is 19.1 Å². The van der Waals surface area contributed by atoms with Crippen molar-refractivity contribution in [3.8, 4) is 0 Å². The number of allylic oxidation sites excluding steroid dienone is 3. The van der Waals surface area contributed by atoms with Crippen LogP contribution in [0, 0.1) is 5.92 Å². The highest BCUT2D eigenvalue weighted by Crippen LogP contribution is 2.03. The second-order valence-electron chi connectivity index (χ2n) is 2.21. The van der Waals surface area contributed by atoms with Crippen molar-refractivity contribution in [1.82, 2.24) is 0 Å². The van der Waals surface area contributed by atoms with Crippen molar-refractivity contribution in [2.45, 2.75) is 19.8 Å². The molecule has 1 unspecified atom stereocenters. The molecule has 0 spiro atoms. The van der Waals surface area contributed by atoms with Gasteiger partial charge in [-0.3, -0.25) is 0 Å². The van der Waals surface area contributed by atoms with Gasteiger partial charge in [-0.15, -0.1) is 0 Å². The molecule has 0 radical (unpaired) electrons. The predicted molar refractivity (Wildman–Crippen MR) is 43.8 cm³/mol. The third kappa shape index (κ3) is 4.07. The summed E-state index contributed by atoms with van der Waals surface area (Å²) >= 11 is 0. The van der Waals surface area contributed by atoms with Gasteiger partial charge < -0.3 is 4.79 Å². The molecule has 0 amide bonds. The normalized spacial score (nSPS) is 13.3. The maximum Gasteiger partial charge on any atom is 0.126 e. The van der Waals surface area contributed by atoms with Crippen LogP contribution >= 0.6 is 0 Å². The fourth-order valence-electron chi connectivity index (χ4n) is 0.764. The average Bonchev–Trinajstić information content (AvgIpc) is 1.98. The molecule has 10 heavy (non-hydrogen) atoms. The van der Waals surface area contributed by atoms with Crippen molar-refractivity contribution in [2.75, 3.05) is 0 Å². The Morgan fingerprint density at radius 2 is 2.30 bits per heavy atom. The van der Waals surface area contributed by atoms with Crippen molar-refractivity contribution in [1.29, 1.82) is 0 Å². The molecule has 0 bridgehead atoms. The van der Waals surface area contributed by atoms with E-state index >= 15 is 0 Å². The molecule has 56 valence electrons. The summed E-state index contributed by atoms with van der Waals surface area (Å²) in [5.41, 5.74) is 0. The van der Waals surface area contributed by atoms with Gasteiger partial charge in [0, 0.05) is 5.92 Å². The third-order valence-electron chi connectivity index (χ3n) is 1.29. The molecule has 0 saturated heterocycles. The Hall–Kier alpha value is -0.850. The first-order chi connectivity index (χ1) is 4.85. The highest BCUT2D eigenvalue weighted by atomic mass is 16.1. The van der Waals surface area contributed by atoms with E-state index in [9.17, 15) is 4.79 Å². The average molecular weight is 138 g/mol. The maximum absolute atomic E-state index is 10.3. The molecule has 0 aliphatic rings. The van der Waals surface area contributed by atoms with Crippen LogP contribution in [0.3, 0.4) is 0 Å². The molecule has 1 atom stereocenters. The first-order valence-electron chi connectivity index (χ1n) is 3.59. The summed E-state index contributed by atoms with van der Waals surface area (Å²) in [5.74, 6) is 0.0861. The largest absolute Gasteiger partial charge is 0.303 e. The molecule has 1 nitrogen and oxygen atoms in total. The van der Waals surface area contributed by atoms with Gasteiger partial charge in [0.2, 0.25) is 0 Å². The van der Waals surface area contributed by atoms with Gasteiger partial charge in [0.25, 0.3) is 0 Å². The lowest BCUT2D eigenvalue weighted by Gasteiger charge is -1.98. The van der Waals surface area contributed by atoms with Crippen LogP contribution in [-0.2, 0) is 4.79 Å².